The summed E-state index contributed by atoms with van der Waals surface area (Å²) in [5.41, 5.74) is 3.12. The lowest BCUT2D eigenvalue weighted by Crippen LogP contribution is -2.38. The van der Waals surface area contributed by atoms with E-state index in [-0.39, 0.29) is 18.4 Å². The van der Waals surface area contributed by atoms with E-state index >= 15 is 0 Å². The molecule has 0 aromatic heterocycles. The van der Waals surface area contributed by atoms with Crippen LogP contribution in [0, 0.1) is 0 Å². The first-order chi connectivity index (χ1) is 18.2. The number of rotatable bonds is 8. The molecular weight excluding hydrogens is 462 g/mol. The minimum absolute atomic E-state index is 0.0346. The molecule has 1 aliphatic rings. The van der Waals surface area contributed by atoms with Gasteiger partial charge in [0.15, 0.2) is 6.61 Å². The van der Waals surface area contributed by atoms with Crippen molar-refractivity contribution in [3.63, 3.8) is 0 Å². The Morgan fingerprint density at radius 3 is 2.46 bits per heavy atom. The molecule has 0 unspecified atom stereocenters. The van der Waals surface area contributed by atoms with Gasteiger partial charge in [-0.3, -0.25) is 9.59 Å². The third-order valence-electron chi connectivity index (χ3n) is 6.68. The van der Waals surface area contributed by atoms with Gasteiger partial charge in [0, 0.05) is 47.5 Å². The fourth-order valence-corrected chi connectivity index (χ4v) is 4.66. The van der Waals surface area contributed by atoms with Crippen LogP contribution in [0.3, 0.4) is 0 Å². The molecule has 0 radical (unpaired) electrons. The first-order valence-corrected chi connectivity index (χ1v) is 12.8. The maximum absolute atomic E-state index is 13.0. The Hall–Kier alpha value is -4.32. The summed E-state index contributed by atoms with van der Waals surface area (Å²) < 4.78 is 5.91. The third-order valence-corrected chi connectivity index (χ3v) is 6.68. The zero-order valence-electron chi connectivity index (χ0n) is 20.8. The number of ether oxygens (including phenoxy) is 1. The lowest BCUT2D eigenvalue weighted by atomic mass is 10.1. The molecule has 2 amide bonds. The first kappa shape index (κ1) is 24.4. The zero-order valence-corrected chi connectivity index (χ0v) is 20.8. The molecule has 4 aromatic rings. The summed E-state index contributed by atoms with van der Waals surface area (Å²) in [6.45, 7) is 2.18. The molecule has 2 N–H and O–H groups in total. The first-order valence-electron chi connectivity index (χ1n) is 12.8. The van der Waals surface area contributed by atoms with Crippen molar-refractivity contribution in [3.05, 3.63) is 102 Å². The van der Waals surface area contributed by atoms with Crippen LogP contribution in [0.25, 0.3) is 10.8 Å². The molecule has 4 aromatic carbocycles. The second-order valence-corrected chi connectivity index (χ2v) is 9.25. The Kier molecular flexibility index (Phi) is 7.65. The van der Waals surface area contributed by atoms with E-state index in [9.17, 15) is 9.59 Å². The number of benzene rings is 4. The summed E-state index contributed by atoms with van der Waals surface area (Å²) in [4.78, 5) is 27.4. The highest BCUT2D eigenvalue weighted by molar-refractivity contribution is 6.09. The molecular formula is C31H31N3O3. The van der Waals surface area contributed by atoms with E-state index in [2.05, 4.69) is 10.6 Å². The van der Waals surface area contributed by atoms with Gasteiger partial charge in [-0.15, -0.1) is 0 Å². The van der Waals surface area contributed by atoms with Crippen molar-refractivity contribution >= 4 is 34.0 Å². The lowest BCUT2D eigenvalue weighted by Gasteiger charge is -2.26. The van der Waals surface area contributed by atoms with Gasteiger partial charge in [-0.05, 0) is 55.0 Å². The lowest BCUT2D eigenvalue weighted by molar-refractivity contribution is -0.134. The number of anilines is 2. The van der Waals surface area contributed by atoms with Crippen LogP contribution in [-0.4, -0.2) is 36.4 Å². The van der Waals surface area contributed by atoms with Crippen molar-refractivity contribution in [3.8, 4) is 5.75 Å². The van der Waals surface area contributed by atoms with E-state index < -0.39 is 0 Å². The van der Waals surface area contributed by atoms with E-state index in [0.29, 0.717) is 17.9 Å². The second kappa shape index (κ2) is 11.6. The molecule has 0 atom stereocenters. The van der Waals surface area contributed by atoms with Crippen LogP contribution in [0.4, 0.5) is 11.4 Å². The summed E-state index contributed by atoms with van der Waals surface area (Å²) in [6, 6.07) is 29.0. The fraction of sp³-hybridized carbons (Fsp3) is 0.226. The van der Waals surface area contributed by atoms with Crippen LogP contribution in [0.5, 0.6) is 5.75 Å². The number of nitrogens with zero attached hydrogens (tertiary/aromatic N) is 1. The van der Waals surface area contributed by atoms with Gasteiger partial charge in [-0.25, -0.2) is 0 Å². The molecule has 6 nitrogen and oxygen atoms in total. The average Bonchev–Trinajstić information content (AvgIpc) is 2.96. The van der Waals surface area contributed by atoms with Gasteiger partial charge in [0.2, 0.25) is 0 Å². The van der Waals surface area contributed by atoms with Crippen molar-refractivity contribution in [2.24, 2.45) is 0 Å². The number of hydrogen-bond donors (Lipinski definition) is 2. The number of hydrogen-bond acceptors (Lipinski definition) is 4. The Labute approximate surface area is 217 Å². The van der Waals surface area contributed by atoms with Crippen LogP contribution >= 0.6 is 0 Å². The number of likely N-dealkylation sites (tertiary alicyclic amines) is 1. The van der Waals surface area contributed by atoms with Gasteiger partial charge in [0.25, 0.3) is 11.8 Å². The molecule has 1 heterocycles. The molecule has 5 rings (SSSR count). The molecule has 0 bridgehead atoms. The molecule has 1 aliphatic heterocycles. The number of fused-ring (bicyclic) bond motifs is 1. The molecule has 0 aliphatic carbocycles. The second-order valence-electron chi connectivity index (χ2n) is 9.25. The van der Waals surface area contributed by atoms with Gasteiger partial charge < -0.3 is 20.3 Å². The normalized spacial score (nSPS) is 13.2. The largest absolute Gasteiger partial charge is 0.483 e. The van der Waals surface area contributed by atoms with Crippen LogP contribution in [0.15, 0.2) is 91.0 Å². The van der Waals surface area contributed by atoms with Gasteiger partial charge in [0.05, 0.1) is 0 Å². The Balaban J connectivity index is 1.22. The van der Waals surface area contributed by atoms with Crippen molar-refractivity contribution in [1.29, 1.82) is 0 Å². The molecule has 6 heteroatoms. The van der Waals surface area contributed by atoms with Crippen LogP contribution in [-0.2, 0) is 11.3 Å². The van der Waals surface area contributed by atoms with Gasteiger partial charge in [-0.1, -0.05) is 60.7 Å². The smallest absolute Gasteiger partial charge is 0.260 e. The van der Waals surface area contributed by atoms with Crippen molar-refractivity contribution < 1.29 is 14.3 Å². The standard InChI is InChI=1S/C31H31N3O3/c35-30(34-18-6-1-7-19-34)22-37-29-17-5-3-11-25(29)21-32-26-14-8-13-24(20-26)31(36)33-28-16-9-12-23-10-2-4-15-27(23)28/h2-5,8-17,20,32H,1,6-7,18-19,21-22H2,(H,33,36). The quantitative estimate of drug-likeness (QED) is 0.311. The Morgan fingerprint density at radius 2 is 1.57 bits per heavy atom. The molecule has 1 saturated heterocycles. The van der Waals surface area contributed by atoms with E-state index in [0.717, 1.165) is 53.6 Å². The Bertz CT molecular complexity index is 1390. The number of carbonyl (C=O) groups excluding carboxylic acids is 2. The number of piperidine rings is 1. The van der Waals surface area contributed by atoms with E-state index in [1.807, 2.05) is 89.8 Å². The molecule has 1 fully saturated rings. The monoisotopic (exact) mass is 493 g/mol. The van der Waals surface area contributed by atoms with Gasteiger partial charge in [-0.2, -0.15) is 0 Å². The van der Waals surface area contributed by atoms with Gasteiger partial charge in [0.1, 0.15) is 5.75 Å². The number of para-hydroxylation sites is 1. The third kappa shape index (κ3) is 6.09. The van der Waals surface area contributed by atoms with Gasteiger partial charge >= 0.3 is 0 Å². The van der Waals surface area contributed by atoms with E-state index in [4.69, 9.17) is 4.74 Å². The predicted molar refractivity (Wildman–Crippen MR) is 148 cm³/mol. The number of nitrogens with one attached hydrogen (secondary N) is 2. The van der Waals surface area contributed by atoms with E-state index in [1.165, 1.54) is 6.42 Å². The van der Waals surface area contributed by atoms with Crippen molar-refractivity contribution in [2.45, 2.75) is 25.8 Å². The summed E-state index contributed by atoms with van der Waals surface area (Å²) in [5, 5.41) is 8.51. The fourth-order valence-electron chi connectivity index (χ4n) is 4.66. The summed E-state index contributed by atoms with van der Waals surface area (Å²) in [5.74, 6) is 0.553. The number of amides is 2. The molecule has 0 spiro atoms. The summed E-state index contributed by atoms with van der Waals surface area (Å²) >= 11 is 0. The molecule has 0 saturated carbocycles. The van der Waals surface area contributed by atoms with Crippen LogP contribution in [0.1, 0.15) is 35.2 Å². The minimum Gasteiger partial charge on any atom is -0.483 e. The topological polar surface area (TPSA) is 70.7 Å². The number of carbonyl (C=O) groups is 2. The van der Waals surface area contributed by atoms with E-state index in [1.54, 1.807) is 6.07 Å². The SMILES string of the molecule is O=C(Nc1cccc2ccccc12)c1cccc(NCc2ccccc2OCC(=O)N2CCCCC2)c1. The molecule has 37 heavy (non-hydrogen) atoms. The highest BCUT2D eigenvalue weighted by Crippen LogP contribution is 2.24. The molecule has 188 valence electrons. The predicted octanol–water partition coefficient (Wildman–Crippen LogP) is 6.10. The maximum Gasteiger partial charge on any atom is 0.260 e. The average molecular weight is 494 g/mol. The van der Waals surface area contributed by atoms with Crippen LogP contribution < -0.4 is 15.4 Å². The van der Waals surface area contributed by atoms with Crippen LogP contribution in [0.2, 0.25) is 0 Å². The highest BCUT2D eigenvalue weighted by atomic mass is 16.5. The maximum atomic E-state index is 13.0. The van der Waals surface area contributed by atoms with Crippen molar-refractivity contribution in [2.75, 3.05) is 30.3 Å². The Morgan fingerprint density at radius 1 is 0.811 bits per heavy atom. The summed E-state index contributed by atoms with van der Waals surface area (Å²) in [7, 11) is 0. The van der Waals surface area contributed by atoms with Crippen molar-refractivity contribution in [1.82, 2.24) is 4.90 Å². The minimum atomic E-state index is -0.167. The zero-order chi connectivity index (χ0) is 25.5. The highest BCUT2D eigenvalue weighted by Gasteiger charge is 2.17. The summed E-state index contributed by atoms with van der Waals surface area (Å²) in [6.07, 6.45) is 3.31.